The molecule has 2 fully saturated rings. The maximum atomic E-state index is 13.5. The molecule has 39 heavy (non-hydrogen) atoms. The van der Waals surface area contributed by atoms with Gasteiger partial charge in [-0.3, -0.25) is 9.59 Å². The van der Waals surface area contributed by atoms with E-state index in [9.17, 15) is 9.59 Å². The van der Waals surface area contributed by atoms with Crippen LogP contribution in [0.2, 0.25) is 10.0 Å². The van der Waals surface area contributed by atoms with Crippen LogP contribution < -0.4 is 10.2 Å². The molecule has 206 valence electrons. The van der Waals surface area contributed by atoms with Gasteiger partial charge in [0.1, 0.15) is 0 Å². The van der Waals surface area contributed by atoms with Crippen LogP contribution in [0, 0.1) is 13.8 Å². The lowest BCUT2D eigenvalue weighted by atomic mass is 10.00. The average Bonchev–Trinajstić information content (AvgIpc) is 3.47. The van der Waals surface area contributed by atoms with Crippen LogP contribution in [0.4, 0.5) is 5.95 Å². The topological polar surface area (TPSA) is 84.6 Å². The zero-order chi connectivity index (χ0) is 27.5. The molecule has 2 aliphatic heterocycles. The minimum atomic E-state index is -0.321. The summed E-state index contributed by atoms with van der Waals surface area (Å²) in [4.78, 5) is 40.4. The van der Waals surface area contributed by atoms with Crippen LogP contribution in [-0.4, -0.2) is 76.9 Å². The van der Waals surface area contributed by atoms with E-state index < -0.39 is 0 Å². The van der Waals surface area contributed by atoms with Gasteiger partial charge in [-0.15, -0.1) is 0 Å². The summed E-state index contributed by atoms with van der Waals surface area (Å²) in [5.41, 5.74) is 3.63. The number of benzene rings is 2. The van der Waals surface area contributed by atoms with Crippen LogP contribution >= 0.6 is 23.2 Å². The molecule has 2 aliphatic rings. The van der Waals surface area contributed by atoms with E-state index in [4.69, 9.17) is 23.2 Å². The molecule has 2 amide bonds. The first kappa shape index (κ1) is 27.5. The molecular formula is C29H34Cl2N6O2. The Bertz CT molecular complexity index is 1300. The number of rotatable bonds is 6. The predicted molar refractivity (Wildman–Crippen MR) is 155 cm³/mol. The van der Waals surface area contributed by atoms with Gasteiger partial charge in [0.15, 0.2) is 0 Å². The van der Waals surface area contributed by atoms with E-state index in [0.29, 0.717) is 35.2 Å². The highest BCUT2D eigenvalue weighted by Crippen LogP contribution is 2.31. The van der Waals surface area contributed by atoms with Gasteiger partial charge in [-0.25, -0.2) is 4.98 Å². The number of aromatic nitrogens is 2. The lowest BCUT2D eigenvalue weighted by Gasteiger charge is -2.42. The largest absolute Gasteiger partial charge is 0.342 e. The standard InChI is InChI=1S/C29H34Cl2N6O2/c1-19-13-20(2)15-22(14-19)28(39)36-11-12-37(26(18-36)21-3-4-24(30)25(31)16-21)27(38)17-34-23-5-9-35(10-6-23)29-32-7-8-33-29/h3-4,7-8,13-16,23,26,34H,5-6,9-12,17-18H2,1-2H3,(H,32,33)/t26-/m0/s1. The van der Waals surface area contributed by atoms with Crippen molar-refractivity contribution in [2.24, 2.45) is 0 Å². The van der Waals surface area contributed by atoms with E-state index in [1.165, 1.54) is 0 Å². The number of carbonyl (C=O) groups excluding carboxylic acids is 2. The fourth-order valence-corrected chi connectivity index (χ4v) is 5.92. The summed E-state index contributed by atoms with van der Waals surface area (Å²) < 4.78 is 0. The highest BCUT2D eigenvalue weighted by molar-refractivity contribution is 6.42. The highest BCUT2D eigenvalue weighted by atomic mass is 35.5. The number of hydrogen-bond donors (Lipinski definition) is 2. The number of aryl methyl sites for hydroxylation is 2. The smallest absolute Gasteiger partial charge is 0.254 e. The van der Waals surface area contributed by atoms with Gasteiger partial charge in [0.2, 0.25) is 11.9 Å². The molecule has 0 spiro atoms. The Morgan fingerprint density at radius 2 is 1.74 bits per heavy atom. The molecule has 0 unspecified atom stereocenters. The van der Waals surface area contributed by atoms with Gasteiger partial charge in [0.05, 0.1) is 22.6 Å². The minimum absolute atomic E-state index is 0.0121. The Balaban J connectivity index is 1.27. The van der Waals surface area contributed by atoms with Crippen molar-refractivity contribution in [3.63, 3.8) is 0 Å². The van der Waals surface area contributed by atoms with Gasteiger partial charge >= 0.3 is 0 Å². The van der Waals surface area contributed by atoms with Crippen LogP contribution in [-0.2, 0) is 4.79 Å². The van der Waals surface area contributed by atoms with Crippen LogP contribution in [0.15, 0.2) is 48.8 Å². The van der Waals surface area contributed by atoms with Crippen molar-refractivity contribution >= 4 is 41.0 Å². The number of imidazole rings is 1. The zero-order valence-electron chi connectivity index (χ0n) is 22.3. The Morgan fingerprint density at radius 3 is 2.41 bits per heavy atom. The summed E-state index contributed by atoms with van der Waals surface area (Å²) in [7, 11) is 0. The first-order valence-electron chi connectivity index (χ1n) is 13.4. The van der Waals surface area contributed by atoms with Crippen LogP contribution in [0.25, 0.3) is 0 Å². The number of amides is 2. The fraction of sp³-hybridized carbons (Fsp3) is 0.414. The molecule has 0 aliphatic carbocycles. The predicted octanol–water partition coefficient (Wildman–Crippen LogP) is 4.62. The summed E-state index contributed by atoms with van der Waals surface area (Å²) in [6.45, 7) is 7.29. The maximum absolute atomic E-state index is 13.5. The monoisotopic (exact) mass is 568 g/mol. The summed E-state index contributed by atoms with van der Waals surface area (Å²) in [6, 6.07) is 11.3. The molecule has 8 nitrogen and oxygen atoms in total. The number of hydrogen-bond acceptors (Lipinski definition) is 5. The minimum Gasteiger partial charge on any atom is -0.342 e. The van der Waals surface area contributed by atoms with Crippen molar-refractivity contribution < 1.29 is 9.59 Å². The third kappa shape index (κ3) is 6.40. The van der Waals surface area contributed by atoms with Crippen molar-refractivity contribution in [1.29, 1.82) is 0 Å². The van der Waals surface area contributed by atoms with Crippen LogP contribution in [0.3, 0.4) is 0 Å². The average molecular weight is 570 g/mol. The molecular weight excluding hydrogens is 535 g/mol. The number of anilines is 1. The molecule has 3 aromatic rings. The molecule has 3 heterocycles. The maximum Gasteiger partial charge on any atom is 0.254 e. The summed E-state index contributed by atoms with van der Waals surface area (Å²) >= 11 is 12.6. The Hall–Kier alpha value is -3.07. The molecule has 10 heteroatoms. The Morgan fingerprint density at radius 1 is 1.00 bits per heavy atom. The van der Waals surface area contributed by atoms with E-state index in [-0.39, 0.29) is 30.4 Å². The van der Waals surface area contributed by atoms with Gasteiger partial charge in [-0.2, -0.15) is 0 Å². The van der Waals surface area contributed by atoms with Gasteiger partial charge in [0, 0.05) is 56.7 Å². The molecule has 2 saturated heterocycles. The van der Waals surface area contributed by atoms with Gasteiger partial charge in [-0.05, 0) is 56.5 Å². The van der Waals surface area contributed by atoms with Crippen molar-refractivity contribution in [3.8, 4) is 0 Å². The first-order valence-corrected chi connectivity index (χ1v) is 14.1. The van der Waals surface area contributed by atoms with Crippen LogP contribution in [0.5, 0.6) is 0 Å². The highest BCUT2D eigenvalue weighted by Gasteiger charge is 2.34. The quantitative estimate of drug-likeness (QED) is 0.453. The second-order valence-corrected chi connectivity index (χ2v) is 11.3. The summed E-state index contributed by atoms with van der Waals surface area (Å²) in [6.07, 6.45) is 5.46. The summed E-state index contributed by atoms with van der Waals surface area (Å²) in [5.74, 6) is 0.876. The molecule has 5 rings (SSSR count). The third-order valence-corrected chi connectivity index (χ3v) is 8.34. The second kappa shape index (κ2) is 12.0. The molecule has 2 aromatic carbocycles. The first-order chi connectivity index (χ1) is 18.8. The zero-order valence-corrected chi connectivity index (χ0v) is 23.8. The molecule has 0 radical (unpaired) electrons. The molecule has 2 N–H and O–H groups in total. The molecule has 1 aromatic heterocycles. The number of piperidine rings is 1. The normalized spacial score (nSPS) is 18.5. The third-order valence-electron chi connectivity index (χ3n) is 7.61. The van der Waals surface area contributed by atoms with Gasteiger partial charge < -0.3 is 25.0 Å². The number of H-pyrrole nitrogens is 1. The SMILES string of the molecule is Cc1cc(C)cc(C(=O)N2CCN(C(=O)CNC3CCN(c4ncc[nH]4)CC3)[C@H](c3ccc(Cl)c(Cl)c3)C2)c1. The van der Waals surface area contributed by atoms with Crippen LogP contribution in [0.1, 0.15) is 45.9 Å². The number of piperazine rings is 1. The number of nitrogens with one attached hydrogen (secondary N) is 2. The number of aromatic amines is 1. The fourth-order valence-electron chi connectivity index (χ4n) is 5.61. The summed E-state index contributed by atoms with van der Waals surface area (Å²) in [5, 5.41) is 4.36. The van der Waals surface area contributed by atoms with Crippen molar-refractivity contribution in [2.75, 3.05) is 44.2 Å². The van der Waals surface area contributed by atoms with Crippen molar-refractivity contribution in [2.45, 2.75) is 38.8 Å². The van der Waals surface area contributed by atoms with Gasteiger partial charge in [-0.1, -0.05) is 46.5 Å². The Kier molecular flexibility index (Phi) is 8.45. The molecule has 0 bridgehead atoms. The van der Waals surface area contributed by atoms with Crippen molar-refractivity contribution in [3.05, 3.63) is 81.1 Å². The lowest BCUT2D eigenvalue weighted by molar-refractivity contribution is -0.135. The number of halogens is 2. The molecule has 1 atom stereocenters. The van der Waals surface area contributed by atoms with E-state index in [1.807, 2.05) is 48.0 Å². The van der Waals surface area contributed by atoms with E-state index in [2.05, 4.69) is 26.3 Å². The molecule has 0 saturated carbocycles. The number of nitrogens with zero attached hydrogens (tertiary/aromatic N) is 4. The Labute approximate surface area is 239 Å². The van der Waals surface area contributed by atoms with E-state index in [0.717, 1.165) is 48.6 Å². The second-order valence-electron chi connectivity index (χ2n) is 10.5. The lowest BCUT2D eigenvalue weighted by Crippen LogP contribution is -2.55. The van der Waals surface area contributed by atoms with Crippen molar-refractivity contribution in [1.82, 2.24) is 25.1 Å². The number of carbonyl (C=O) groups is 2. The van der Waals surface area contributed by atoms with Gasteiger partial charge in [0.25, 0.3) is 5.91 Å². The van der Waals surface area contributed by atoms with E-state index >= 15 is 0 Å². The van der Waals surface area contributed by atoms with E-state index in [1.54, 1.807) is 18.3 Å².